The molecule has 0 heterocycles. The first kappa shape index (κ1) is 14.7. The van der Waals surface area contributed by atoms with E-state index in [1.165, 1.54) is 0 Å². The van der Waals surface area contributed by atoms with E-state index in [1.807, 2.05) is 6.92 Å². The summed E-state index contributed by atoms with van der Waals surface area (Å²) in [6.45, 7) is 3.05. The van der Waals surface area contributed by atoms with Crippen LogP contribution in [-0.2, 0) is 0 Å². The van der Waals surface area contributed by atoms with Crippen LogP contribution in [0.1, 0.15) is 13.3 Å². The minimum Gasteiger partial charge on any atom is -0.379 e. The molecule has 0 bridgehead atoms. The van der Waals surface area contributed by atoms with Gasteiger partial charge in [-0.15, -0.1) is 0 Å². The molecular formula is C11H13F5N2. The summed E-state index contributed by atoms with van der Waals surface area (Å²) in [5.74, 6) is -9.74. The van der Waals surface area contributed by atoms with E-state index in [4.69, 9.17) is 0 Å². The Bertz CT molecular complexity index is 393. The van der Waals surface area contributed by atoms with Crippen LogP contribution in [0.4, 0.5) is 27.6 Å². The molecule has 2 nitrogen and oxygen atoms in total. The second kappa shape index (κ2) is 6.53. The van der Waals surface area contributed by atoms with Gasteiger partial charge in [-0.3, -0.25) is 0 Å². The number of hydrogen-bond acceptors (Lipinski definition) is 2. The average Bonchev–Trinajstić information content (AvgIpc) is 2.37. The predicted octanol–water partition coefficient (Wildman–Crippen LogP) is 2.79. The SMILES string of the molecule is CCCNCCNc1c(F)c(F)c(F)c(F)c1F. The highest BCUT2D eigenvalue weighted by molar-refractivity contribution is 5.47. The van der Waals surface area contributed by atoms with E-state index in [1.54, 1.807) is 0 Å². The molecule has 0 fully saturated rings. The average molecular weight is 268 g/mol. The molecule has 18 heavy (non-hydrogen) atoms. The van der Waals surface area contributed by atoms with Crippen molar-refractivity contribution >= 4 is 5.69 Å². The summed E-state index contributed by atoms with van der Waals surface area (Å²) >= 11 is 0. The van der Waals surface area contributed by atoms with Crippen LogP contribution in [0, 0.1) is 29.1 Å². The Kier molecular flexibility index (Phi) is 5.33. The maximum atomic E-state index is 13.2. The molecule has 0 radical (unpaired) electrons. The zero-order chi connectivity index (χ0) is 13.7. The third-order valence-electron chi connectivity index (χ3n) is 2.24. The fraction of sp³-hybridized carbons (Fsp3) is 0.455. The summed E-state index contributed by atoms with van der Waals surface area (Å²) in [6.07, 6.45) is 0.878. The number of rotatable bonds is 6. The van der Waals surface area contributed by atoms with Crippen molar-refractivity contribution in [2.45, 2.75) is 13.3 Å². The van der Waals surface area contributed by atoms with E-state index in [0.717, 1.165) is 6.42 Å². The van der Waals surface area contributed by atoms with Crippen molar-refractivity contribution < 1.29 is 22.0 Å². The van der Waals surface area contributed by atoms with Crippen LogP contribution in [0.2, 0.25) is 0 Å². The fourth-order valence-corrected chi connectivity index (χ4v) is 1.34. The van der Waals surface area contributed by atoms with E-state index in [9.17, 15) is 22.0 Å². The summed E-state index contributed by atoms with van der Waals surface area (Å²) in [5.41, 5.74) is -0.996. The number of nitrogens with one attached hydrogen (secondary N) is 2. The molecule has 1 rings (SSSR count). The molecule has 0 aromatic heterocycles. The van der Waals surface area contributed by atoms with Gasteiger partial charge in [0.05, 0.1) is 0 Å². The van der Waals surface area contributed by atoms with E-state index in [0.29, 0.717) is 13.1 Å². The zero-order valence-corrected chi connectivity index (χ0v) is 9.72. The zero-order valence-electron chi connectivity index (χ0n) is 9.72. The Morgan fingerprint density at radius 1 is 0.722 bits per heavy atom. The van der Waals surface area contributed by atoms with Crippen molar-refractivity contribution in [1.29, 1.82) is 0 Å². The minimum atomic E-state index is -2.15. The highest BCUT2D eigenvalue weighted by Crippen LogP contribution is 2.26. The van der Waals surface area contributed by atoms with Crippen LogP contribution in [-0.4, -0.2) is 19.6 Å². The summed E-state index contributed by atoms with van der Waals surface area (Å²) in [5, 5.41) is 5.11. The molecule has 2 N–H and O–H groups in total. The Labute approximate surface area is 101 Å². The van der Waals surface area contributed by atoms with Crippen molar-refractivity contribution in [3.05, 3.63) is 29.1 Å². The van der Waals surface area contributed by atoms with Crippen LogP contribution >= 0.6 is 0 Å². The van der Waals surface area contributed by atoms with Gasteiger partial charge in [-0.05, 0) is 13.0 Å². The Balaban J connectivity index is 2.77. The van der Waals surface area contributed by atoms with Crippen molar-refractivity contribution in [3.63, 3.8) is 0 Å². The number of anilines is 1. The molecule has 0 spiro atoms. The molecule has 1 aromatic carbocycles. The first-order valence-electron chi connectivity index (χ1n) is 5.46. The lowest BCUT2D eigenvalue weighted by molar-refractivity contribution is 0.381. The van der Waals surface area contributed by atoms with Gasteiger partial charge in [-0.1, -0.05) is 6.92 Å². The lowest BCUT2D eigenvalue weighted by Gasteiger charge is -2.11. The van der Waals surface area contributed by atoms with Gasteiger partial charge in [0.1, 0.15) is 5.69 Å². The summed E-state index contributed by atoms with van der Waals surface area (Å²) in [7, 11) is 0. The first-order chi connectivity index (χ1) is 8.50. The Morgan fingerprint density at radius 3 is 1.72 bits per heavy atom. The van der Waals surface area contributed by atoms with Gasteiger partial charge < -0.3 is 10.6 Å². The molecule has 0 unspecified atom stereocenters. The van der Waals surface area contributed by atoms with Crippen molar-refractivity contribution in [2.24, 2.45) is 0 Å². The van der Waals surface area contributed by atoms with Crippen molar-refractivity contribution in [2.75, 3.05) is 25.0 Å². The topological polar surface area (TPSA) is 24.1 Å². The second-order valence-corrected chi connectivity index (χ2v) is 3.62. The van der Waals surface area contributed by atoms with Crippen molar-refractivity contribution in [3.8, 4) is 0 Å². The fourth-order valence-electron chi connectivity index (χ4n) is 1.34. The molecule has 0 atom stereocenters. The van der Waals surface area contributed by atoms with Gasteiger partial charge in [0.15, 0.2) is 23.3 Å². The summed E-state index contributed by atoms with van der Waals surface area (Å²) in [6, 6.07) is 0. The maximum Gasteiger partial charge on any atom is 0.200 e. The van der Waals surface area contributed by atoms with Crippen molar-refractivity contribution in [1.82, 2.24) is 5.32 Å². The summed E-state index contributed by atoms with van der Waals surface area (Å²) < 4.78 is 64.7. The Morgan fingerprint density at radius 2 is 1.22 bits per heavy atom. The van der Waals surface area contributed by atoms with E-state index < -0.39 is 34.8 Å². The molecular weight excluding hydrogens is 255 g/mol. The third-order valence-corrected chi connectivity index (χ3v) is 2.24. The molecule has 0 aliphatic heterocycles. The summed E-state index contributed by atoms with van der Waals surface area (Å²) in [4.78, 5) is 0. The lowest BCUT2D eigenvalue weighted by Crippen LogP contribution is -2.24. The first-order valence-corrected chi connectivity index (χ1v) is 5.46. The minimum absolute atomic E-state index is 0.0539. The van der Waals surface area contributed by atoms with Crippen LogP contribution in [0.3, 0.4) is 0 Å². The quantitative estimate of drug-likeness (QED) is 0.359. The largest absolute Gasteiger partial charge is 0.379 e. The van der Waals surface area contributed by atoms with Gasteiger partial charge in [0.2, 0.25) is 5.82 Å². The van der Waals surface area contributed by atoms with Gasteiger partial charge >= 0.3 is 0 Å². The van der Waals surface area contributed by atoms with Gasteiger partial charge in [-0.25, -0.2) is 22.0 Å². The van der Waals surface area contributed by atoms with Gasteiger partial charge in [0.25, 0.3) is 0 Å². The molecule has 0 aliphatic rings. The smallest absolute Gasteiger partial charge is 0.200 e. The van der Waals surface area contributed by atoms with Gasteiger partial charge in [-0.2, -0.15) is 0 Å². The van der Waals surface area contributed by atoms with Crippen LogP contribution in [0.5, 0.6) is 0 Å². The Hall–Kier alpha value is -1.37. The van der Waals surface area contributed by atoms with Gasteiger partial charge in [0, 0.05) is 13.1 Å². The number of halogens is 5. The van der Waals surface area contributed by atoms with E-state index in [-0.39, 0.29) is 6.54 Å². The molecule has 7 heteroatoms. The molecule has 102 valence electrons. The predicted molar refractivity (Wildman–Crippen MR) is 57.9 cm³/mol. The standard InChI is InChI=1S/C11H13F5N2/c1-2-3-17-4-5-18-11-9(15)7(13)6(12)8(14)10(11)16/h17-18H,2-5H2,1H3. The number of hydrogen-bond donors (Lipinski definition) is 2. The molecule has 1 aromatic rings. The lowest BCUT2D eigenvalue weighted by atomic mass is 10.2. The highest BCUT2D eigenvalue weighted by atomic mass is 19.2. The number of benzene rings is 1. The molecule has 0 saturated carbocycles. The van der Waals surface area contributed by atoms with Crippen LogP contribution < -0.4 is 10.6 Å². The highest BCUT2D eigenvalue weighted by Gasteiger charge is 2.25. The monoisotopic (exact) mass is 268 g/mol. The molecule has 0 aliphatic carbocycles. The maximum absolute atomic E-state index is 13.2. The van der Waals surface area contributed by atoms with E-state index >= 15 is 0 Å². The van der Waals surface area contributed by atoms with E-state index in [2.05, 4.69) is 10.6 Å². The third kappa shape index (κ3) is 3.10. The normalized spacial score (nSPS) is 10.8. The van der Waals surface area contributed by atoms with Crippen LogP contribution in [0.25, 0.3) is 0 Å². The van der Waals surface area contributed by atoms with Crippen LogP contribution in [0.15, 0.2) is 0 Å². The molecule has 0 amide bonds. The molecule has 0 saturated heterocycles. The second-order valence-electron chi connectivity index (χ2n) is 3.62.